The van der Waals surface area contributed by atoms with Gasteiger partial charge in [0.15, 0.2) is 5.82 Å². The molecule has 1 fully saturated rings. The predicted molar refractivity (Wildman–Crippen MR) is 98.2 cm³/mol. The fourth-order valence-corrected chi connectivity index (χ4v) is 3.07. The predicted octanol–water partition coefficient (Wildman–Crippen LogP) is 2.58. The molecule has 8 heteroatoms. The molecule has 0 saturated carbocycles. The van der Waals surface area contributed by atoms with Crippen molar-refractivity contribution in [2.24, 2.45) is 0 Å². The van der Waals surface area contributed by atoms with Gasteiger partial charge in [0.2, 0.25) is 5.95 Å². The summed E-state index contributed by atoms with van der Waals surface area (Å²) in [5, 5.41) is 12.8. The molecule has 2 heterocycles. The number of rotatable bonds is 5. The summed E-state index contributed by atoms with van der Waals surface area (Å²) in [6.45, 7) is 4.57. The van der Waals surface area contributed by atoms with Gasteiger partial charge in [0.1, 0.15) is 0 Å². The molecule has 1 aliphatic rings. The highest BCUT2D eigenvalue weighted by Crippen LogP contribution is 2.21. The normalized spacial score (nSPS) is 15.5. The summed E-state index contributed by atoms with van der Waals surface area (Å²) in [4.78, 5) is 9.01. The summed E-state index contributed by atoms with van der Waals surface area (Å²) in [7, 11) is 2.12. The molecule has 0 spiro atoms. The summed E-state index contributed by atoms with van der Waals surface area (Å²) < 4.78 is 0. The zero-order valence-electron chi connectivity index (χ0n) is 13.5. The van der Waals surface area contributed by atoms with Crippen molar-refractivity contribution in [1.29, 1.82) is 0 Å². The number of hydrogen-bond donors (Lipinski definition) is 1. The van der Waals surface area contributed by atoms with E-state index in [0.29, 0.717) is 22.5 Å². The van der Waals surface area contributed by atoms with E-state index in [4.69, 9.17) is 23.2 Å². The van der Waals surface area contributed by atoms with Crippen LogP contribution < -0.4 is 10.2 Å². The minimum absolute atomic E-state index is 0.647. The first-order chi connectivity index (χ1) is 11.6. The van der Waals surface area contributed by atoms with Gasteiger partial charge in [0, 0.05) is 42.8 Å². The molecule has 0 radical (unpaired) electrons. The van der Waals surface area contributed by atoms with Crippen LogP contribution in [0.2, 0.25) is 10.0 Å². The number of likely N-dealkylation sites (N-methyl/N-ethyl adjacent to an activating group) is 1. The van der Waals surface area contributed by atoms with Crippen molar-refractivity contribution < 1.29 is 0 Å². The quantitative estimate of drug-likeness (QED) is 0.877. The highest BCUT2D eigenvalue weighted by Gasteiger charge is 2.17. The Morgan fingerprint density at radius 2 is 1.96 bits per heavy atom. The van der Waals surface area contributed by atoms with Crippen LogP contribution in [0.15, 0.2) is 24.4 Å². The number of hydrogen-bond acceptors (Lipinski definition) is 6. The Labute approximate surface area is 151 Å². The molecule has 6 nitrogen and oxygen atoms in total. The lowest BCUT2D eigenvalue weighted by Crippen LogP contribution is -2.45. The number of halogens is 2. The Hall–Kier alpha value is -1.63. The second-order valence-electron chi connectivity index (χ2n) is 5.84. The first kappa shape index (κ1) is 17.2. The Kier molecular flexibility index (Phi) is 5.71. The van der Waals surface area contributed by atoms with Crippen molar-refractivity contribution >= 4 is 35.0 Å². The lowest BCUT2D eigenvalue weighted by atomic mass is 10.1. The van der Waals surface area contributed by atoms with Crippen LogP contribution in [-0.2, 0) is 6.42 Å². The van der Waals surface area contributed by atoms with E-state index in [1.165, 1.54) is 0 Å². The fraction of sp³-hybridized carbons (Fsp3) is 0.438. The fourth-order valence-electron chi connectivity index (χ4n) is 2.57. The Morgan fingerprint density at radius 1 is 1.17 bits per heavy atom. The Balaban J connectivity index is 1.56. The highest BCUT2D eigenvalue weighted by atomic mass is 35.5. The molecule has 1 saturated heterocycles. The molecule has 1 aromatic heterocycles. The SMILES string of the molecule is CN1CCN(c2nncc(NCCc3ccc(Cl)cc3Cl)n2)CC1. The molecule has 1 aliphatic heterocycles. The maximum absolute atomic E-state index is 6.19. The number of aromatic nitrogens is 3. The van der Waals surface area contributed by atoms with E-state index in [-0.39, 0.29) is 0 Å². The Bertz CT molecular complexity index is 688. The number of benzene rings is 1. The molecular formula is C16H20Cl2N6. The maximum atomic E-state index is 6.19. The molecule has 0 bridgehead atoms. The number of nitrogens with one attached hydrogen (secondary N) is 1. The smallest absolute Gasteiger partial charge is 0.247 e. The van der Waals surface area contributed by atoms with E-state index in [0.717, 1.165) is 44.0 Å². The van der Waals surface area contributed by atoms with Crippen LogP contribution in [0.3, 0.4) is 0 Å². The van der Waals surface area contributed by atoms with Gasteiger partial charge in [-0.2, -0.15) is 10.1 Å². The van der Waals surface area contributed by atoms with Gasteiger partial charge in [0.25, 0.3) is 0 Å². The standard InChI is InChI=1S/C16H20Cl2N6/c1-23-6-8-24(9-7-23)16-21-15(11-20-22-16)19-5-4-12-2-3-13(17)10-14(12)18/h2-3,10-11H,4-9H2,1H3,(H,19,21,22). The van der Waals surface area contributed by atoms with Gasteiger partial charge in [0.05, 0.1) is 6.20 Å². The molecule has 2 aromatic rings. The van der Waals surface area contributed by atoms with Crippen molar-refractivity contribution in [2.75, 3.05) is 50.0 Å². The summed E-state index contributed by atoms with van der Waals surface area (Å²) in [6.07, 6.45) is 2.42. The van der Waals surface area contributed by atoms with Crippen LogP contribution in [0.5, 0.6) is 0 Å². The summed E-state index contributed by atoms with van der Waals surface area (Å²) in [5.74, 6) is 1.40. The zero-order chi connectivity index (χ0) is 16.9. The van der Waals surface area contributed by atoms with Gasteiger partial charge < -0.3 is 15.1 Å². The molecule has 0 aliphatic carbocycles. The van der Waals surface area contributed by atoms with Gasteiger partial charge in [-0.25, -0.2) is 0 Å². The maximum Gasteiger partial charge on any atom is 0.247 e. The molecule has 24 heavy (non-hydrogen) atoms. The molecule has 0 unspecified atom stereocenters. The lowest BCUT2D eigenvalue weighted by molar-refractivity contribution is 0.311. The van der Waals surface area contributed by atoms with E-state index in [1.807, 2.05) is 12.1 Å². The van der Waals surface area contributed by atoms with Crippen LogP contribution in [-0.4, -0.2) is 59.9 Å². The van der Waals surface area contributed by atoms with E-state index in [1.54, 1.807) is 12.3 Å². The second kappa shape index (κ2) is 7.96. The molecule has 0 atom stereocenters. The first-order valence-corrected chi connectivity index (χ1v) is 8.68. The molecule has 1 N–H and O–H groups in total. The van der Waals surface area contributed by atoms with E-state index < -0.39 is 0 Å². The Morgan fingerprint density at radius 3 is 2.71 bits per heavy atom. The van der Waals surface area contributed by atoms with Crippen LogP contribution >= 0.6 is 23.2 Å². The van der Waals surface area contributed by atoms with Crippen molar-refractivity contribution in [3.63, 3.8) is 0 Å². The van der Waals surface area contributed by atoms with Crippen LogP contribution in [0.25, 0.3) is 0 Å². The average molecular weight is 367 g/mol. The topological polar surface area (TPSA) is 57.2 Å². The van der Waals surface area contributed by atoms with Gasteiger partial charge >= 0.3 is 0 Å². The number of nitrogens with zero attached hydrogens (tertiary/aromatic N) is 5. The van der Waals surface area contributed by atoms with Crippen LogP contribution in [0.1, 0.15) is 5.56 Å². The molecule has 3 rings (SSSR count). The van der Waals surface area contributed by atoms with Crippen molar-refractivity contribution in [2.45, 2.75) is 6.42 Å². The summed E-state index contributed by atoms with van der Waals surface area (Å²) >= 11 is 12.1. The first-order valence-electron chi connectivity index (χ1n) is 7.93. The monoisotopic (exact) mass is 366 g/mol. The number of anilines is 2. The van der Waals surface area contributed by atoms with Crippen molar-refractivity contribution in [3.05, 3.63) is 40.0 Å². The third-order valence-electron chi connectivity index (χ3n) is 4.05. The summed E-state index contributed by atoms with van der Waals surface area (Å²) in [5.41, 5.74) is 1.05. The highest BCUT2D eigenvalue weighted by molar-refractivity contribution is 6.35. The third-order valence-corrected chi connectivity index (χ3v) is 4.64. The minimum atomic E-state index is 0.647. The van der Waals surface area contributed by atoms with Gasteiger partial charge in [-0.15, -0.1) is 5.10 Å². The summed E-state index contributed by atoms with van der Waals surface area (Å²) in [6, 6.07) is 5.55. The third kappa shape index (κ3) is 4.47. The van der Waals surface area contributed by atoms with Crippen molar-refractivity contribution in [1.82, 2.24) is 20.1 Å². The molecule has 128 valence electrons. The molecular weight excluding hydrogens is 347 g/mol. The number of piperazine rings is 1. The van der Waals surface area contributed by atoms with Gasteiger partial charge in [-0.05, 0) is 31.2 Å². The van der Waals surface area contributed by atoms with E-state index >= 15 is 0 Å². The zero-order valence-corrected chi connectivity index (χ0v) is 15.1. The largest absolute Gasteiger partial charge is 0.368 e. The van der Waals surface area contributed by atoms with E-state index in [2.05, 4.69) is 37.3 Å². The van der Waals surface area contributed by atoms with Crippen LogP contribution in [0, 0.1) is 0 Å². The van der Waals surface area contributed by atoms with E-state index in [9.17, 15) is 0 Å². The molecule has 1 aromatic carbocycles. The van der Waals surface area contributed by atoms with Crippen LogP contribution in [0.4, 0.5) is 11.8 Å². The van der Waals surface area contributed by atoms with Gasteiger partial charge in [-0.1, -0.05) is 29.3 Å². The lowest BCUT2D eigenvalue weighted by Gasteiger charge is -2.32. The molecule has 0 amide bonds. The second-order valence-corrected chi connectivity index (χ2v) is 6.69. The van der Waals surface area contributed by atoms with Gasteiger partial charge in [-0.3, -0.25) is 0 Å². The minimum Gasteiger partial charge on any atom is -0.368 e. The average Bonchev–Trinajstić information content (AvgIpc) is 2.58. The van der Waals surface area contributed by atoms with Crippen molar-refractivity contribution in [3.8, 4) is 0 Å².